The van der Waals surface area contributed by atoms with Gasteiger partial charge in [-0.25, -0.2) is 8.91 Å². The number of hydrogen-bond donors (Lipinski definition) is 1. The molecule has 0 radical (unpaired) electrons. The highest BCUT2D eigenvalue weighted by Gasteiger charge is 2.30. The molecule has 6 rings (SSSR count). The lowest BCUT2D eigenvalue weighted by atomic mass is 10.1. The average Bonchev–Trinajstić information content (AvgIpc) is 3.59. The number of amides is 1. The predicted octanol–water partition coefficient (Wildman–Crippen LogP) is 2.99. The molecule has 214 valence electrons. The van der Waals surface area contributed by atoms with E-state index in [1.165, 1.54) is 10.7 Å². The van der Waals surface area contributed by atoms with Crippen molar-refractivity contribution < 1.29 is 28.1 Å². The predicted molar refractivity (Wildman–Crippen MR) is 144 cm³/mol. The van der Waals surface area contributed by atoms with E-state index in [0.29, 0.717) is 47.7 Å². The highest BCUT2D eigenvalue weighted by atomic mass is 19.1. The number of nitrogens with zero attached hydrogens (tertiary/aromatic N) is 5. The van der Waals surface area contributed by atoms with Crippen LogP contribution >= 0.6 is 0 Å². The number of nitrogens with one attached hydrogen (secondary N) is 1. The van der Waals surface area contributed by atoms with Gasteiger partial charge in [-0.05, 0) is 26.0 Å². The lowest BCUT2D eigenvalue weighted by Gasteiger charge is -2.29. The van der Waals surface area contributed by atoms with E-state index in [1.54, 1.807) is 37.2 Å². The molecule has 1 aliphatic carbocycles. The first kappa shape index (κ1) is 28.9. The number of carbonyl (C=O) groups is 1. The zero-order chi connectivity index (χ0) is 27.9. The molecule has 1 N–H and O–H groups in total. The Bertz CT molecular complexity index is 1240. The molecule has 5 heterocycles. The summed E-state index contributed by atoms with van der Waals surface area (Å²) in [6, 6.07) is 3.41. The van der Waals surface area contributed by atoms with E-state index in [2.05, 4.69) is 20.4 Å². The number of carbonyl (C=O) groups excluding carboxylic acids is 1. The summed E-state index contributed by atoms with van der Waals surface area (Å²) in [5, 5.41) is 11.3. The smallest absolute Gasteiger partial charge is 0.228 e. The summed E-state index contributed by atoms with van der Waals surface area (Å²) in [6.07, 6.45) is 5.04. The quantitative estimate of drug-likeness (QED) is 0.483. The Kier molecular flexibility index (Phi) is 9.89. The monoisotopic (exact) mass is 546 g/mol. The van der Waals surface area contributed by atoms with Gasteiger partial charge in [0.05, 0.1) is 37.7 Å². The molecule has 3 aromatic rings. The minimum absolute atomic E-state index is 0.0398. The van der Waals surface area contributed by atoms with E-state index in [4.69, 9.17) is 18.9 Å². The summed E-state index contributed by atoms with van der Waals surface area (Å²) < 4.78 is 39.4. The van der Waals surface area contributed by atoms with E-state index in [0.717, 1.165) is 39.1 Å². The van der Waals surface area contributed by atoms with Crippen molar-refractivity contribution in [1.82, 2.24) is 24.3 Å². The molecule has 1 atom stereocenters. The maximum Gasteiger partial charge on any atom is 0.228 e. The number of morpholine rings is 1. The van der Waals surface area contributed by atoms with Crippen molar-refractivity contribution in [3.05, 3.63) is 30.3 Å². The molecule has 0 spiro atoms. The first-order chi connectivity index (χ1) is 18.9. The lowest BCUT2D eigenvalue weighted by molar-refractivity contribution is -0.117. The number of rotatable bonds is 7. The van der Waals surface area contributed by atoms with Crippen molar-refractivity contribution in [3.63, 3.8) is 0 Å². The number of hydrogen-bond acceptors (Lipinski definition) is 8. The van der Waals surface area contributed by atoms with E-state index >= 15 is 4.39 Å². The van der Waals surface area contributed by atoms with Crippen LogP contribution in [0.15, 0.2) is 24.5 Å². The van der Waals surface area contributed by atoms with Crippen LogP contribution in [-0.2, 0) is 26.1 Å². The van der Waals surface area contributed by atoms with Crippen molar-refractivity contribution in [2.75, 3.05) is 59.0 Å². The van der Waals surface area contributed by atoms with Gasteiger partial charge in [0.2, 0.25) is 5.91 Å². The van der Waals surface area contributed by atoms with Gasteiger partial charge in [0, 0.05) is 44.8 Å². The Balaban J connectivity index is 0.000000385. The zero-order valence-electron chi connectivity index (χ0n) is 23.4. The SMILES string of the molecule is CC.CN1CCOC(COc2cnn(C)c2-c2cc3cc(NC(=O)C4CC4)nn3cc2F)C1.COC1COC1. The summed E-state index contributed by atoms with van der Waals surface area (Å²) in [7, 11) is 5.49. The Morgan fingerprint density at radius 3 is 2.62 bits per heavy atom. The van der Waals surface area contributed by atoms with Gasteiger partial charge < -0.3 is 29.2 Å². The van der Waals surface area contributed by atoms with Crippen LogP contribution in [0.4, 0.5) is 10.2 Å². The number of methoxy groups -OCH3 is 1. The van der Waals surface area contributed by atoms with E-state index in [-0.39, 0.29) is 17.9 Å². The van der Waals surface area contributed by atoms with Crippen molar-refractivity contribution in [1.29, 1.82) is 0 Å². The second-order valence-corrected chi connectivity index (χ2v) is 9.64. The molecule has 1 unspecified atom stereocenters. The Labute approximate surface area is 228 Å². The number of ether oxygens (including phenoxy) is 4. The van der Waals surface area contributed by atoms with Gasteiger partial charge in [-0.1, -0.05) is 13.8 Å². The summed E-state index contributed by atoms with van der Waals surface area (Å²) in [5.41, 5.74) is 1.55. The standard InChI is InChI=1S/C21H25FN6O3.C4H8O2.C2H6/c1-26-5-6-30-15(10-26)12-31-18-9-23-27(2)20(18)16-7-14-8-19(24-21(29)13-3-4-13)25-28(14)11-17(16)22;1-5-4-2-6-3-4;1-2/h7-9,11,13,15H,3-6,10,12H2,1-2H3,(H,24,25,29);4H,2-3H2,1H3;1-2H3. The molecular weight excluding hydrogens is 507 g/mol. The van der Waals surface area contributed by atoms with Crippen molar-refractivity contribution in [2.24, 2.45) is 13.0 Å². The van der Waals surface area contributed by atoms with Crippen LogP contribution in [0.2, 0.25) is 0 Å². The highest BCUT2D eigenvalue weighted by molar-refractivity contribution is 5.93. The summed E-state index contributed by atoms with van der Waals surface area (Å²) in [4.78, 5) is 14.2. The first-order valence-electron chi connectivity index (χ1n) is 13.5. The lowest BCUT2D eigenvalue weighted by Crippen LogP contribution is -2.42. The Morgan fingerprint density at radius 1 is 1.23 bits per heavy atom. The first-order valence-corrected chi connectivity index (χ1v) is 13.5. The van der Waals surface area contributed by atoms with E-state index in [1.807, 2.05) is 20.9 Å². The van der Waals surface area contributed by atoms with Crippen LogP contribution in [0.1, 0.15) is 26.7 Å². The van der Waals surface area contributed by atoms with Crippen LogP contribution in [0.3, 0.4) is 0 Å². The second-order valence-electron chi connectivity index (χ2n) is 9.64. The molecule has 2 aliphatic heterocycles. The second kappa shape index (κ2) is 13.3. The summed E-state index contributed by atoms with van der Waals surface area (Å²) in [5.74, 6) is 0.469. The fourth-order valence-electron chi connectivity index (χ4n) is 4.16. The third-order valence-electron chi connectivity index (χ3n) is 6.62. The average molecular weight is 547 g/mol. The molecule has 0 aromatic carbocycles. The van der Waals surface area contributed by atoms with Crippen LogP contribution in [0.5, 0.6) is 5.75 Å². The number of anilines is 1. The minimum atomic E-state index is -0.460. The maximum atomic E-state index is 15.0. The van der Waals surface area contributed by atoms with Crippen molar-refractivity contribution in [2.45, 2.75) is 38.9 Å². The van der Waals surface area contributed by atoms with E-state index in [9.17, 15) is 4.79 Å². The molecule has 11 nitrogen and oxygen atoms in total. The molecular formula is C27H39FN6O5. The van der Waals surface area contributed by atoms with Gasteiger partial charge in [-0.3, -0.25) is 9.48 Å². The molecule has 2 saturated heterocycles. The molecule has 1 saturated carbocycles. The number of aryl methyl sites for hydroxylation is 1. The fourth-order valence-corrected chi connectivity index (χ4v) is 4.16. The zero-order valence-corrected chi connectivity index (χ0v) is 23.4. The number of fused-ring (bicyclic) bond motifs is 1. The Morgan fingerprint density at radius 2 is 2.00 bits per heavy atom. The van der Waals surface area contributed by atoms with Gasteiger partial charge >= 0.3 is 0 Å². The van der Waals surface area contributed by atoms with Gasteiger partial charge in [0.1, 0.15) is 24.5 Å². The van der Waals surface area contributed by atoms with Gasteiger partial charge in [0.15, 0.2) is 17.4 Å². The molecule has 0 bridgehead atoms. The maximum absolute atomic E-state index is 15.0. The minimum Gasteiger partial charge on any atom is -0.487 e. The number of aromatic nitrogens is 4. The molecule has 1 amide bonds. The van der Waals surface area contributed by atoms with Gasteiger partial charge in [-0.2, -0.15) is 5.10 Å². The van der Waals surface area contributed by atoms with Gasteiger partial charge in [0.25, 0.3) is 0 Å². The van der Waals surface area contributed by atoms with Crippen molar-refractivity contribution >= 4 is 17.2 Å². The number of halogens is 1. The molecule has 3 fully saturated rings. The van der Waals surface area contributed by atoms with Crippen LogP contribution in [0, 0.1) is 11.7 Å². The largest absolute Gasteiger partial charge is 0.487 e. The van der Waals surface area contributed by atoms with Crippen LogP contribution in [-0.4, -0.2) is 96.1 Å². The molecule has 12 heteroatoms. The topological polar surface area (TPSA) is 104 Å². The van der Waals surface area contributed by atoms with Gasteiger partial charge in [-0.15, -0.1) is 5.10 Å². The summed E-state index contributed by atoms with van der Waals surface area (Å²) >= 11 is 0. The fraction of sp³-hybridized carbons (Fsp3) is 0.593. The van der Waals surface area contributed by atoms with Crippen LogP contribution in [0.25, 0.3) is 16.8 Å². The number of pyridine rings is 1. The van der Waals surface area contributed by atoms with Crippen molar-refractivity contribution in [3.8, 4) is 17.0 Å². The summed E-state index contributed by atoms with van der Waals surface area (Å²) in [6.45, 7) is 8.27. The Hall–Kier alpha value is -3.06. The number of likely N-dealkylation sites (N-methyl/N-ethyl adjacent to an activating group) is 1. The normalized spacial score (nSPS) is 19.4. The third-order valence-corrected chi connectivity index (χ3v) is 6.62. The highest BCUT2D eigenvalue weighted by Crippen LogP contribution is 2.33. The molecule has 3 aromatic heterocycles. The molecule has 3 aliphatic rings. The molecule has 39 heavy (non-hydrogen) atoms. The van der Waals surface area contributed by atoms with E-state index < -0.39 is 5.82 Å². The third kappa shape index (κ3) is 7.33. The van der Waals surface area contributed by atoms with Crippen LogP contribution < -0.4 is 10.1 Å².